The number of phenolic OH excluding ortho intramolecular Hbond substituents is 1. The van der Waals surface area contributed by atoms with E-state index in [4.69, 9.17) is 20.2 Å². The Labute approximate surface area is 233 Å². The summed E-state index contributed by atoms with van der Waals surface area (Å²) < 4.78 is 11.0. The van der Waals surface area contributed by atoms with Crippen LogP contribution in [0.1, 0.15) is 11.1 Å². The maximum absolute atomic E-state index is 12.1. The van der Waals surface area contributed by atoms with Crippen LogP contribution >= 0.6 is 11.8 Å². The summed E-state index contributed by atoms with van der Waals surface area (Å²) in [6.07, 6.45) is 0.458. The van der Waals surface area contributed by atoms with Crippen molar-refractivity contribution in [2.45, 2.75) is 22.3 Å². The molecule has 3 aromatic carbocycles. The third-order valence-corrected chi connectivity index (χ3v) is 7.94. The largest absolute Gasteiger partial charge is 0.508 e. The van der Waals surface area contributed by atoms with E-state index in [1.54, 1.807) is 23.9 Å². The van der Waals surface area contributed by atoms with E-state index in [9.17, 15) is 9.90 Å². The highest BCUT2D eigenvalue weighted by Crippen LogP contribution is 2.42. The first-order valence-electron chi connectivity index (χ1n) is 13.3. The van der Waals surface area contributed by atoms with Crippen LogP contribution in [0.4, 0.5) is 5.69 Å². The minimum atomic E-state index is -0.673. The quantitative estimate of drug-likeness (QED) is 0.310. The van der Waals surface area contributed by atoms with Crippen molar-refractivity contribution >= 4 is 29.3 Å². The Morgan fingerprint density at radius 2 is 1.72 bits per heavy atom. The van der Waals surface area contributed by atoms with E-state index in [1.807, 2.05) is 48.5 Å². The van der Waals surface area contributed by atoms with Gasteiger partial charge in [-0.3, -0.25) is 9.69 Å². The molecule has 3 N–H and O–H groups in total. The molecule has 2 aliphatic rings. The van der Waals surface area contributed by atoms with Crippen LogP contribution in [-0.2, 0) is 20.7 Å². The van der Waals surface area contributed by atoms with Crippen LogP contribution in [0.5, 0.6) is 5.75 Å². The molecule has 204 valence electrons. The summed E-state index contributed by atoms with van der Waals surface area (Å²) in [5.41, 5.74) is 8.98. The number of aliphatic imine (C=N–C) groups is 1. The van der Waals surface area contributed by atoms with Gasteiger partial charge in [-0.1, -0.05) is 60.3 Å². The molecular weight excluding hydrogens is 512 g/mol. The Kier molecular flexibility index (Phi) is 9.15. The van der Waals surface area contributed by atoms with Gasteiger partial charge in [0.2, 0.25) is 0 Å². The average Bonchev–Trinajstić information content (AvgIpc) is 3.12. The highest BCUT2D eigenvalue weighted by atomic mass is 32.2. The lowest BCUT2D eigenvalue weighted by Crippen LogP contribution is -2.49. The number of nitrogens with zero attached hydrogens (tertiary/aromatic N) is 3. The molecule has 2 aliphatic heterocycles. The van der Waals surface area contributed by atoms with Crippen molar-refractivity contribution in [3.05, 3.63) is 83.9 Å². The summed E-state index contributed by atoms with van der Waals surface area (Å²) >= 11 is 1.64. The van der Waals surface area contributed by atoms with Crippen molar-refractivity contribution in [1.82, 2.24) is 9.80 Å². The Morgan fingerprint density at radius 1 is 0.949 bits per heavy atom. The van der Waals surface area contributed by atoms with Gasteiger partial charge in [-0.15, -0.1) is 0 Å². The first-order chi connectivity index (χ1) is 19.1. The van der Waals surface area contributed by atoms with Crippen molar-refractivity contribution < 1.29 is 19.4 Å². The minimum Gasteiger partial charge on any atom is -0.508 e. The SMILES string of the molecule is NC(Cc1ccccc1)C(=O)OCCOCCN1CCN(C2=Nc3ccc(O)cc3Sc3ccccc32)CC1. The topological polar surface area (TPSA) is 101 Å². The Hall–Kier alpha value is -3.37. The number of carbonyl (C=O) groups excluding carboxylic acids is 1. The summed E-state index contributed by atoms with van der Waals surface area (Å²) in [7, 11) is 0. The van der Waals surface area contributed by atoms with Crippen molar-refractivity contribution in [1.29, 1.82) is 0 Å². The molecule has 0 bridgehead atoms. The number of hydrogen-bond acceptors (Lipinski definition) is 9. The molecule has 9 heteroatoms. The molecule has 1 saturated heterocycles. The van der Waals surface area contributed by atoms with E-state index in [-0.39, 0.29) is 12.4 Å². The van der Waals surface area contributed by atoms with Crippen molar-refractivity contribution in [3.63, 3.8) is 0 Å². The van der Waals surface area contributed by atoms with Crippen molar-refractivity contribution in [3.8, 4) is 5.75 Å². The van der Waals surface area contributed by atoms with Gasteiger partial charge in [0, 0.05) is 48.1 Å². The summed E-state index contributed by atoms with van der Waals surface area (Å²) in [4.78, 5) is 24.0. The number of aromatic hydroxyl groups is 1. The molecule has 0 saturated carbocycles. The van der Waals surface area contributed by atoms with Gasteiger partial charge in [-0.2, -0.15) is 0 Å². The third kappa shape index (κ3) is 7.19. The lowest BCUT2D eigenvalue weighted by molar-refractivity contribution is -0.146. The van der Waals surface area contributed by atoms with E-state index in [2.05, 4.69) is 21.9 Å². The van der Waals surface area contributed by atoms with E-state index in [0.29, 0.717) is 19.6 Å². The predicted molar refractivity (Wildman–Crippen MR) is 153 cm³/mol. The van der Waals surface area contributed by atoms with Gasteiger partial charge in [-0.05, 0) is 36.2 Å². The number of benzene rings is 3. The van der Waals surface area contributed by atoms with Crippen LogP contribution in [0.3, 0.4) is 0 Å². The van der Waals surface area contributed by atoms with Gasteiger partial charge in [0.1, 0.15) is 24.2 Å². The predicted octanol–water partition coefficient (Wildman–Crippen LogP) is 3.68. The number of phenols is 1. The summed E-state index contributed by atoms with van der Waals surface area (Å²) in [5, 5.41) is 9.97. The Bertz CT molecular complexity index is 1300. The van der Waals surface area contributed by atoms with Crippen LogP contribution in [0, 0.1) is 0 Å². The fourth-order valence-corrected chi connectivity index (χ4v) is 5.74. The van der Waals surface area contributed by atoms with E-state index in [1.165, 1.54) is 0 Å². The molecule has 0 aliphatic carbocycles. The van der Waals surface area contributed by atoms with E-state index < -0.39 is 12.0 Å². The fourth-order valence-electron chi connectivity index (χ4n) is 4.69. The molecule has 5 rings (SSSR count). The first-order valence-corrected chi connectivity index (χ1v) is 14.1. The number of rotatable bonds is 9. The lowest BCUT2D eigenvalue weighted by atomic mass is 10.1. The maximum atomic E-state index is 12.1. The molecule has 0 spiro atoms. The average molecular weight is 547 g/mol. The van der Waals surface area contributed by atoms with Gasteiger partial charge in [-0.25, -0.2) is 4.99 Å². The van der Waals surface area contributed by atoms with Gasteiger partial charge < -0.3 is 25.2 Å². The van der Waals surface area contributed by atoms with Crippen LogP contribution in [0.25, 0.3) is 0 Å². The highest BCUT2D eigenvalue weighted by Gasteiger charge is 2.25. The smallest absolute Gasteiger partial charge is 0.323 e. The molecule has 8 nitrogen and oxygen atoms in total. The first kappa shape index (κ1) is 27.2. The number of fused-ring (bicyclic) bond motifs is 2. The molecular formula is C30H34N4O4S. The standard InChI is InChI=1S/C30H34N4O4S/c31-25(20-22-6-2-1-3-7-22)30(36)38-19-18-37-17-16-33-12-14-34(15-13-33)29-24-8-4-5-9-27(24)39-28-21-23(35)10-11-26(28)32-29/h1-11,21,25,35H,12-20,31H2. The van der Waals surface area contributed by atoms with Crippen LogP contribution < -0.4 is 5.73 Å². The minimum absolute atomic E-state index is 0.200. The van der Waals surface area contributed by atoms with Crippen LogP contribution in [0.15, 0.2) is 87.6 Å². The summed E-state index contributed by atoms with van der Waals surface area (Å²) in [6.45, 7) is 5.48. The third-order valence-electron chi connectivity index (χ3n) is 6.81. The molecule has 0 radical (unpaired) electrons. The molecule has 1 fully saturated rings. The highest BCUT2D eigenvalue weighted by molar-refractivity contribution is 7.99. The van der Waals surface area contributed by atoms with E-state index in [0.717, 1.165) is 65.2 Å². The number of carbonyl (C=O) groups is 1. The second kappa shape index (κ2) is 13.1. The zero-order valence-electron chi connectivity index (χ0n) is 21.9. The molecule has 1 atom stereocenters. The number of esters is 1. The zero-order chi connectivity index (χ0) is 27.0. The normalized spacial score (nSPS) is 16.0. The fraction of sp³-hybridized carbons (Fsp3) is 0.333. The van der Waals surface area contributed by atoms with Crippen molar-refractivity contribution in [2.24, 2.45) is 10.7 Å². The lowest BCUT2D eigenvalue weighted by Gasteiger charge is -2.36. The van der Waals surface area contributed by atoms with Crippen molar-refractivity contribution in [2.75, 3.05) is 52.5 Å². The number of nitrogens with two attached hydrogens (primary N) is 1. The number of ether oxygens (including phenoxy) is 2. The van der Waals surface area contributed by atoms with Gasteiger partial charge in [0.15, 0.2) is 0 Å². The monoisotopic (exact) mass is 546 g/mol. The van der Waals surface area contributed by atoms with E-state index >= 15 is 0 Å². The maximum Gasteiger partial charge on any atom is 0.323 e. The Balaban J connectivity index is 1.05. The number of amidine groups is 1. The molecule has 3 aromatic rings. The van der Waals surface area contributed by atoms with Crippen LogP contribution in [-0.4, -0.2) is 85.3 Å². The van der Waals surface area contributed by atoms with Gasteiger partial charge in [0.25, 0.3) is 0 Å². The molecule has 1 unspecified atom stereocenters. The summed E-state index contributed by atoms with van der Waals surface area (Å²) in [5.74, 6) is 0.822. The zero-order valence-corrected chi connectivity index (χ0v) is 22.7. The second-order valence-electron chi connectivity index (χ2n) is 9.59. The number of piperazine rings is 1. The molecule has 39 heavy (non-hydrogen) atoms. The Morgan fingerprint density at radius 3 is 2.54 bits per heavy atom. The summed E-state index contributed by atoms with van der Waals surface area (Å²) in [6, 6.07) is 22.7. The molecule has 2 heterocycles. The van der Waals surface area contributed by atoms with Gasteiger partial charge >= 0.3 is 5.97 Å². The van der Waals surface area contributed by atoms with Crippen LogP contribution in [0.2, 0.25) is 0 Å². The number of hydrogen-bond donors (Lipinski definition) is 2. The molecule has 0 aromatic heterocycles. The second-order valence-corrected chi connectivity index (χ2v) is 10.7. The molecule has 0 amide bonds. The van der Waals surface area contributed by atoms with Gasteiger partial charge in [0.05, 0.1) is 18.9 Å².